The fourth-order valence-corrected chi connectivity index (χ4v) is 5.67. The number of carbonyl (C=O) groups is 3. The largest absolute Gasteiger partial charge is 0.468 e. The first-order valence-corrected chi connectivity index (χ1v) is 10.2. The average molecular weight is 410 g/mol. The van der Waals surface area contributed by atoms with Crippen LogP contribution in [0.1, 0.15) is 6.92 Å². The smallest absolute Gasteiger partial charge is 0.323 e. The highest BCUT2D eigenvalue weighted by atomic mass is 32.2. The summed E-state index contributed by atoms with van der Waals surface area (Å²) in [6.07, 6.45) is 0.945. The van der Waals surface area contributed by atoms with E-state index in [0.717, 1.165) is 0 Å². The van der Waals surface area contributed by atoms with Crippen molar-refractivity contribution in [2.45, 2.75) is 29.9 Å². The van der Waals surface area contributed by atoms with Crippen molar-refractivity contribution in [3.63, 3.8) is 0 Å². The van der Waals surface area contributed by atoms with Crippen LogP contribution in [0.5, 0.6) is 0 Å². The predicted molar refractivity (Wildman–Crippen MR) is 99.1 cm³/mol. The average Bonchev–Trinajstić information content (AvgIpc) is 3.37. The Morgan fingerprint density at radius 3 is 2.67 bits per heavy atom. The predicted octanol–water partition coefficient (Wildman–Crippen LogP) is 1.18. The first-order chi connectivity index (χ1) is 13.0. The third kappa shape index (κ3) is 3.06. The van der Waals surface area contributed by atoms with Gasteiger partial charge in [-0.1, -0.05) is 0 Å². The van der Waals surface area contributed by atoms with Gasteiger partial charge in [-0.05, 0) is 17.5 Å². The Morgan fingerprint density at radius 1 is 1.33 bits per heavy atom. The Balaban J connectivity index is 1.65. The lowest BCUT2D eigenvalue weighted by molar-refractivity contribution is -0.144. The molecule has 2 fully saturated rings. The molecule has 3 atom stereocenters. The number of hydrogen-bond donors (Lipinski definition) is 0. The van der Waals surface area contributed by atoms with E-state index in [0.29, 0.717) is 23.8 Å². The molecule has 3 aliphatic rings. The maximum atomic E-state index is 12.8. The third-order valence-corrected chi connectivity index (χ3v) is 6.96. The van der Waals surface area contributed by atoms with Crippen LogP contribution in [0.25, 0.3) is 0 Å². The SMILES string of the molecule is COC(=O)C1S[C@@H]2C(N(C(C)=O)c3cccs3)C(=O)N2C=C1C1OCCO1. The molecule has 1 aromatic rings. The number of ether oxygens (including phenoxy) is 3. The number of fused-ring (bicyclic) bond motifs is 1. The molecule has 0 N–H and O–H groups in total. The summed E-state index contributed by atoms with van der Waals surface area (Å²) in [7, 11) is 1.32. The zero-order chi connectivity index (χ0) is 19.1. The van der Waals surface area contributed by atoms with E-state index in [2.05, 4.69) is 0 Å². The highest BCUT2D eigenvalue weighted by Crippen LogP contribution is 2.45. The van der Waals surface area contributed by atoms with E-state index < -0.39 is 23.6 Å². The highest BCUT2D eigenvalue weighted by molar-refractivity contribution is 8.01. The maximum absolute atomic E-state index is 12.8. The summed E-state index contributed by atoms with van der Waals surface area (Å²) in [4.78, 5) is 40.5. The Kier molecular flexibility index (Phi) is 4.97. The summed E-state index contributed by atoms with van der Waals surface area (Å²) < 4.78 is 16.0. The van der Waals surface area contributed by atoms with Crippen LogP contribution < -0.4 is 4.90 Å². The molecule has 1 aromatic heterocycles. The van der Waals surface area contributed by atoms with Crippen molar-refractivity contribution in [3.05, 3.63) is 29.3 Å². The minimum absolute atomic E-state index is 0.199. The van der Waals surface area contributed by atoms with Crippen molar-refractivity contribution in [1.29, 1.82) is 0 Å². The number of hydrogen-bond acceptors (Lipinski definition) is 8. The van der Waals surface area contributed by atoms with Gasteiger partial charge in [0, 0.05) is 18.7 Å². The van der Waals surface area contributed by atoms with Gasteiger partial charge in [0.15, 0.2) is 6.29 Å². The highest BCUT2D eigenvalue weighted by Gasteiger charge is 2.56. The molecule has 8 nitrogen and oxygen atoms in total. The molecule has 4 rings (SSSR count). The van der Waals surface area contributed by atoms with Gasteiger partial charge >= 0.3 is 5.97 Å². The summed E-state index contributed by atoms with van der Waals surface area (Å²) in [5.74, 6) is -0.855. The number of anilines is 1. The van der Waals surface area contributed by atoms with Crippen LogP contribution in [0.15, 0.2) is 29.3 Å². The molecule has 0 aliphatic carbocycles. The number of amides is 2. The van der Waals surface area contributed by atoms with Crippen LogP contribution in [-0.2, 0) is 28.6 Å². The van der Waals surface area contributed by atoms with Crippen molar-refractivity contribution in [1.82, 2.24) is 4.90 Å². The van der Waals surface area contributed by atoms with Crippen LogP contribution in [0.4, 0.5) is 5.00 Å². The number of nitrogens with zero attached hydrogens (tertiary/aromatic N) is 2. The molecule has 0 saturated carbocycles. The fourth-order valence-electron chi connectivity index (χ4n) is 3.36. The first kappa shape index (κ1) is 18.5. The molecular formula is C17H18N2O6S2. The van der Waals surface area contributed by atoms with Gasteiger partial charge in [0.1, 0.15) is 16.7 Å². The number of thiophene rings is 1. The number of thioether (sulfide) groups is 1. The molecule has 2 saturated heterocycles. The zero-order valence-corrected chi connectivity index (χ0v) is 16.3. The first-order valence-electron chi connectivity index (χ1n) is 8.36. The van der Waals surface area contributed by atoms with E-state index in [1.54, 1.807) is 17.2 Å². The lowest BCUT2D eigenvalue weighted by atomic mass is 10.0. The fraction of sp³-hybridized carbons (Fsp3) is 0.471. The summed E-state index contributed by atoms with van der Waals surface area (Å²) in [6.45, 7) is 2.29. The second kappa shape index (κ2) is 7.27. The van der Waals surface area contributed by atoms with E-state index in [4.69, 9.17) is 14.2 Å². The van der Waals surface area contributed by atoms with Crippen molar-refractivity contribution >= 4 is 45.9 Å². The van der Waals surface area contributed by atoms with Gasteiger partial charge in [-0.15, -0.1) is 23.1 Å². The number of carbonyl (C=O) groups excluding carboxylic acids is 3. The summed E-state index contributed by atoms with van der Waals surface area (Å²) >= 11 is 2.67. The summed E-state index contributed by atoms with van der Waals surface area (Å²) in [5.41, 5.74) is 0.554. The molecule has 0 spiro atoms. The minimum Gasteiger partial charge on any atom is -0.468 e. The lowest BCUT2D eigenvalue weighted by Crippen LogP contribution is -2.70. The van der Waals surface area contributed by atoms with E-state index in [-0.39, 0.29) is 17.2 Å². The van der Waals surface area contributed by atoms with Crippen LogP contribution >= 0.6 is 23.1 Å². The molecule has 144 valence electrons. The molecule has 10 heteroatoms. The molecule has 0 bridgehead atoms. The second-order valence-electron chi connectivity index (χ2n) is 6.16. The minimum atomic E-state index is -0.671. The van der Waals surface area contributed by atoms with Gasteiger partial charge in [0.25, 0.3) is 5.91 Å². The number of rotatable bonds is 4. The van der Waals surface area contributed by atoms with Gasteiger partial charge in [-0.3, -0.25) is 19.3 Å². The monoisotopic (exact) mass is 410 g/mol. The van der Waals surface area contributed by atoms with Gasteiger partial charge in [0.2, 0.25) is 5.91 Å². The molecule has 0 aromatic carbocycles. The summed E-state index contributed by atoms with van der Waals surface area (Å²) in [6, 6.07) is 2.96. The second-order valence-corrected chi connectivity index (χ2v) is 8.32. The molecule has 2 amide bonds. The van der Waals surface area contributed by atoms with Crippen LogP contribution in [0, 0.1) is 0 Å². The van der Waals surface area contributed by atoms with Gasteiger partial charge in [-0.25, -0.2) is 0 Å². The van der Waals surface area contributed by atoms with Crippen molar-refractivity contribution in [2.75, 3.05) is 25.2 Å². The normalized spacial score (nSPS) is 27.6. The van der Waals surface area contributed by atoms with Crippen molar-refractivity contribution < 1.29 is 28.6 Å². The van der Waals surface area contributed by atoms with Crippen LogP contribution in [0.3, 0.4) is 0 Å². The Labute approximate surface area is 164 Å². The Morgan fingerprint density at radius 2 is 2.07 bits per heavy atom. The van der Waals surface area contributed by atoms with Gasteiger partial charge in [-0.2, -0.15) is 0 Å². The van der Waals surface area contributed by atoms with Crippen molar-refractivity contribution in [2.24, 2.45) is 0 Å². The molecule has 3 aliphatic heterocycles. The molecule has 0 radical (unpaired) electrons. The quantitative estimate of drug-likeness (QED) is 0.544. The van der Waals surface area contributed by atoms with Crippen LogP contribution in [0.2, 0.25) is 0 Å². The van der Waals surface area contributed by atoms with Crippen LogP contribution in [-0.4, -0.2) is 66.0 Å². The number of esters is 1. The van der Waals surface area contributed by atoms with E-state index in [1.807, 2.05) is 11.4 Å². The maximum Gasteiger partial charge on any atom is 0.323 e. The van der Waals surface area contributed by atoms with E-state index in [1.165, 1.54) is 42.0 Å². The van der Waals surface area contributed by atoms with Crippen molar-refractivity contribution in [3.8, 4) is 0 Å². The Bertz CT molecular complexity index is 789. The standard InChI is InChI=1S/C17H18N2O6S2/c1-9(20)19(11-4-3-7-26-11)12-14(21)18-8-10(17-24-5-6-25-17)13(16(22)23-2)27-15(12)18/h3-4,7-8,12-13,15,17H,5-6H2,1-2H3/t12?,13?,15-/m1/s1. The summed E-state index contributed by atoms with van der Waals surface area (Å²) in [5, 5.41) is 1.52. The van der Waals surface area contributed by atoms with Gasteiger partial charge < -0.3 is 19.1 Å². The molecular weight excluding hydrogens is 392 g/mol. The van der Waals surface area contributed by atoms with E-state index >= 15 is 0 Å². The molecule has 27 heavy (non-hydrogen) atoms. The third-order valence-electron chi connectivity index (χ3n) is 4.59. The van der Waals surface area contributed by atoms with Gasteiger partial charge in [0.05, 0.1) is 25.3 Å². The zero-order valence-electron chi connectivity index (χ0n) is 14.7. The number of methoxy groups -OCH3 is 1. The molecule has 2 unspecified atom stereocenters. The Hall–Kier alpha value is -1.88. The molecule has 4 heterocycles. The van der Waals surface area contributed by atoms with E-state index in [9.17, 15) is 14.4 Å². The topological polar surface area (TPSA) is 85.4 Å². The number of β-lactam (4-membered cyclic amide) rings is 1. The lowest BCUT2D eigenvalue weighted by Gasteiger charge is -2.52.